The van der Waals surface area contributed by atoms with Crippen LogP contribution in [0.15, 0.2) is 91.3 Å². The predicted octanol–water partition coefficient (Wildman–Crippen LogP) is 3.78. The second-order valence-electron chi connectivity index (χ2n) is 9.41. The van der Waals surface area contributed by atoms with Gasteiger partial charge in [0.15, 0.2) is 0 Å². The number of rotatable bonds is 10. The van der Waals surface area contributed by atoms with Crippen molar-refractivity contribution in [2.24, 2.45) is 0 Å². The van der Waals surface area contributed by atoms with E-state index in [4.69, 9.17) is 0 Å². The summed E-state index contributed by atoms with van der Waals surface area (Å²) in [6.07, 6.45) is 5.76. The van der Waals surface area contributed by atoms with Gasteiger partial charge in [0.05, 0.1) is 0 Å². The Morgan fingerprint density at radius 3 is 2.31 bits per heavy atom. The van der Waals surface area contributed by atoms with Crippen LogP contribution in [-0.2, 0) is 27.2 Å². The second kappa shape index (κ2) is 12.6. The minimum atomic E-state index is -0.884. The van der Waals surface area contributed by atoms with Crippen LogP contribution in [0.2, 0.25) is 0 Å². The fourth-order valence-corrected chi connectivity index (χ4v) is 4.50. The number of nitrogens with zero attached hydrogens (tertiary/aromatic N) is 1. The third kappa shape index (κ3) is 7.13. The number of likely N-dealkylation sites (N-methyl/N-ethyl adjacent to an activating group) is 1. The van der Waals surface area contributed by atoms with Crippen molar-refractivity contribution < 1.29 is 19.5 Å². The van der Waals surface area contributed by atoms with Gasteiger partial charge in [-0.2, -0.15) is 0 Å². The number of H-pyrrole nitrogens is 1. The number of carbonyl (C=O) groups excluding carboxylic acids is 3. The minimum absolute atomic E-state index is 0.110. The third-order valence-corrected chi connectivity index (χ3v) is 6.55. The van der Waals surface area contributed by atoms with Crippen molar-refractivity contribution in [1.29, 1.82) is 0 Å². The first-order chi connectivity index (χ1) is 18.8. The number of para-hydroxylation sites is 1. The van der Waals surface area contributed by atoms with Gasteiger partial charge < -0.3 is 25.6 Å². The van der Waals surface area contributed by atoms with E-state index in [1.54, 1.807) is 25.4 Å². The maximum atomic E-state index is 13.7. The van der Waals surface area contributed by atoms with Crippen LogP contribution in [0.4, 0.5) is 0 Å². The summed E-state index contributed by atoms with van der Waals surface area (Å²) in [5.74, 6) is -0.989. The van der Waals surface area contributed by atoms with Gasteiger partial charge in [0.1, 0.15) is 17.8 Å². The molecule has 4 aromatic rings. The first-order valence-corrected chi connectivity index (χ1v) is 12.7. The highest BCUT2D eigenvalue weighted by Gasteiger charge is 2.32. The summed E-state index contributed by atoms with van der Waals surface area (Å²) in [6.45, 7) is 1.35. The summed E-state index contributed by atoms with van der Waals surface area (Å²) < 4.78 is 0. The van der Waals surface area contributed by atoms with Gasteiger partial charge in [-0.25, -0.2) is 0 Å². The molecule has 8 nitrogen and oxygen atoms in total. The van der Waals surface area contributed by atoms with Gasteiger partial charge in [-0.05, 0) is 35.4 Å². The molecule has 0 spiro atoms. The molecule has 4 rings (SSSR count). The van der Waals surface area contributed by atoms with Crippen molar-refractivity contribution in [3.63, 3.8) is 0 Å². The summed E-state index contributed by atoms with van der Waals surface area (Å²) in [4.78, 5) is 43.6. The molecule has 8 heteroatoms. The fraction of sp³-hybridized carbons (Fsp3) is 0.194. The van der Waals surface area contributed by atoms with Gasteiger partial charge in [0.2, 0.25) is 17.7 Å². The van der Waals surface area contributed by atoms with Crippen molar-refractivity contribution in [1.82, 2.24) is 20.5 Å². The van der Waals surface area contributed by atoms with Gasteiger partial charge in [0.25, 0.3) is 0 Å². The molecule has 0 aliphatic rings. The van der Waals surface area contributed by atoms with Crippen LogP contribution in [0.25, 0.3) is 17.0 Å². The van der Waals surface area contributed by atoms with Gasteiger partial charge in [0, 0.05) is 55.7 Å². The first kappa shape index (κ1) is 27.2. The number of hydrogen-bond donors (Lipinski definition) is 4. The summed E-state index contributed by atoms with van der Waals surface area (Å²) in [7, 11) is 1.57. The lowest BCUT2D eigenvalue weighted by Crippen LogP contribution is -2.55. The highest BCUT2D eigenvalue weighted by Crippen LogP contribution is 2.19. The number of carbonyl (C=O) groups is 3. The van der Waals surface area contributed by atoms with Crippen LogP contribution in [-0.4, -0.2) is 51.8 Å². The average molecular weight is 525 g/mol. The van der Waals surface area contributed by atoms with Crippen LogP contribution in [0.5, 0.6) is 5.75 Å². The number of phenolic OH excluding ortho intramolecular Hbond substituents is 1. The molecule has 0 aliphatic heterocycles. The number of nitrogens with one attached hydrogen (secondary N) is 3. The number of phenols is 1. The fourth-order valence-electron chi connectivity index (χ4n) is 4.50. The molecule has 2 atom stereocenters. The summed E-state index contributed by atoms with van der Waals surface area (Å²) >= 11 is 0. The Morgan fingerprint density at radius 1 is 0.923 bits per heavy atom. The van der Waals surface area contributed by atoms with Gasteiger partial charge in [-0.15, -0.1) is 0 Å². The lowest BCUT2D eigenvalue weighted by atomic mass is 10.0. The molecular formula is C31H32N4O4. The van der Waals surface area contributed by atoms with Crippen molar-refractivity contribution in [3.8, 4) is 5.75 Å². The summed E-state index contributed by atoms with van der Waals surface area (Å²) in [5, 5.41) is 16.2. The van der Waals surface area contributed by atoms with Crippen molar-refractivity contribution in [2.45, 2.75) is 31.8 Å². The topological polar surface area (TPSA) is 115 Å². The zero-order chi connectivity index (χ0) is 27.8. The quantitative estimate of drug-likeness (QED) is 0.253. The van der Waals surface area contributed by atoms with E-state index < -0.39 is 18.0 Å². The number of amides is 3. The first-order valence-electron chi connectivity index (χ1n) is 12.7. The Morgan fingerprint density at radius 2 is 1.59 bits per heavy atom. The molecule has 0 saturated carbocycles. The normalized spacial score (nSPS) is 12.7. The number of aromatic nitrogens is 1. The summed E-state index contributed by atoms with van der Waals surface area (Å²) in [6, 6.07) is 22.1. The lowest BCUT2D eigenvalue weighted by molar-refractivity contribution is -0.141. The lowest BCUT2D eigenvalue weighted by Gasteiger charge is -2.30. The maximum Gasteiger partial charge on any atom is 0.247 e. The average Bonchev–Trinajstić information content (AvgIpc) is 3.35. The molecule has 0 saturated heterocycles. The van der Waals surface area contributed by atoms with Crippen LogP contribution in [0.1, 0.15) is 23.6 Å². The van der Waals surface area contributed by atoms with Gasteiger partial charge in [-0.1, -0.05) is 60.7 Å². The van der Waals surface area contributed by atoms with E-state index in [2.05, 4.69) is 15.6 Å². The molecule has 39 heavy (non-hydrogen) atoms. The predicted molar refractivity (Wildman–Crippen MR) is 152 cm³/mol. The van der Waals surface area contributed by atoms with Crippen molar-refractivity contribution >= 4 is 34.7 Å². The zero-order valence-corrected chi connectivity index (χ0v) is 21.9. The van der Waals surface area contributed by atoms with Crippen molar-refractivity contribution in [3.05, 3.63) is 108 Å². The van der Waals surface area contributed by atoms with E-state index in [-0.39, 0.29) is 24.0 Å². The number of aromatic hydroxyl groups is 1. The SMILES string of the molecule is CC(=O)N[C@@H](Cc1ccc(O)cc1)C(=O)N(C)[C@@H](Cc1ccccc1)C(=O)N/C=C\c1c[nH]c2ccccc12. The maximum absolute atomic E-state index is 13.7. The third-order valence-electron chi connectivity index (χ3n) is 6.55. The van der Waals surface area contributed by atoms with E-state index in [0.717, 1.165) is 27.6 Å². The van der Waals surface area contributed by atoms with E-state index in [1.165, 1.54) is 24.0 Å². The number of benzene rings is 3. The molecule has 0 unspecified atom stereocenters. The molecule has 0 fully saturated rings. The largest absolute Gasteiger partial charge is 0.508 e. The Kier molecular flexibility index (Phi) is 8.78. The van der Waals surface area contributed by atoms with Crippen LogP contribution in [0, 0.1) is 0 Å². The molecule has 1 heterocycles. The zero-order valence-electron chi connectivity index (χ0n) is 21.9. The Bertz CT molecular complexity index is 1460. The highest BCUT2D eigenvalue weighted by atomic mass is 16.3. The molecule has 4 N–H and O–H groups in total. The Balaban J connectivity index is 1.54. The smallest absolute Gasteiger partial charge is 0.247 e. The monoisotopic (exact) mass is 524 g/mol. The van der Waals surface area contributed by atoms with Crippen LogP contribution in [0.3, 0.4) is 0 Å². The number of hydrogen-bond acceptors (Lipinski definition) is 4. The molecule has 200 valence electrons. The van der Waals surface area contributed by atoms with Crippen LogP contribution >= 0.6 is 0 Å². The standard InChI is InChI=1S/C31H32N4O4/c1-21(36)34-28(18-23-12-14-25(37)15-13-23)31(39)35(2)29(19-22-8-4-3-5-9-22)30(38)32-17-16-24-20-33-27-11-7-6-10-26(24)27/h3-17,20,28-29,33,37H,18-19H2,1-2H3,(H,32,38)(H,34,36)/b17-16-/t28-,29-/m0/s1. The molecule has 0 aliphatic carbocycles. The molecule has 0 radical (unpaired) electrons. The molecule has 1 aromatic heterocycles. The van der Waals surface area contributed by atoms with E-state index in [0.29, 0.717) is 6.42 Å². The van der Waals surface area contributed by atoms with Gasteiger partial charge in [-0.3, -0.25) is 14.4 Å². The molecule has 0 bridgehead atoms. The van der Waals surface area contributed by atoms with E-state index in [9.17, 15) is 19.5 Å². The van der Waals surface area contributed by atoms with E-state index in [1.807, 2.05) is 66.9 Å². The van der Waals surface area contributed by atoms with Gasteiger partial charge >= 0.3 is 0 Å². The number of fused-ring (bicyclic) bond motifs is 1. The van der Waals surface area contributed by atoms with Crippen molar-refractivity contribution in [2.75, 3.05) is 7.05 Å². The molecule has 3 aromatic carbocycles. The van der Waals surface area contributed by atoms with Crippen LogP contribution < -0.4 is 10.6 Å². The van der Waals surface area contributed by atoms with E-state index >= 15 is 0 Å². The molecule has 3 amide bonds. The second-order valence-corrected chi connectivity index (χ2v) is 9.41. The number of aromatic amines is 1. The Hall–Kier alpha value is -4.85. The molecular weight excluding hydrogens is 492 g/mol. The summed E-state index contributed by atoms with van der Waals surface area (Å²) in [5.41, 5.74) is 3.58. The Labute approximate surface area is 227 Å². The highest BCUT2D eigenvalue weighted by molar-refractivity contribution is 5.93. The minimum Gasteiger partial charge on any atom is -0.508 e.